The van der Waals surface area contributed by atoms with E-state index in [1.165, 1.54) is 18.2 Å². The summed E-state index contributed by atoms with van der Waals surface area (Å²) in [6.07, 6.45) is 0.911. The van der Waals surface area contributed by atoms with Crippen LogP contribution in [0, 0.1) is 6.92 Å². The van der Waals surface area contributed by atoms with Crippen molar-refractivity contribution in [1.82, 2.24) is 4.72 Å². The quantitative estimate of drug-likeness (QED) is 0.824. The first kappa shape index (κ1) is 18.4. The van der Waals surface area contributed by atoms with Gasteiger partial charge in [-0.05, 0) is 54.8 Å². The van der Waals surface area contributed by atoms with E-state index >= 15 is 0 Å². The Bertz CT molecular complexity index is 833. The van der Waals surface area contributed by atoms with E-state index in [-0.39, 0.29) is 11.4 Å². The molecule has 0 saturated heterocycles. The summed E-state index contributed by atoms with van der Waals surface area (Å²) in [5.41, 5.74) is 2.44. The van der Waals surface area contributed by atoms with E-state index in [1.54, 1.807) is 19.1 Å². The van der Waals surface area contributed by atoms with Crippen LogP contribution in [-0.4, -0.2) is 20.9 Å². The van der Waals surface area contributed by atoms with Gasteiger partial charge in [-0.1, -0.05) is 30.7 Å². The third-order valence-electron chi connectivity index (χ3n) is 3.51. The zero-order chi connectivity index (χ0) is 17.7. The Balaban J connectivity index is 1.97. The Hall–Kier alpha value is -1.89. The van der Waals surface area contributed by atoms with Gasteiger partial charge in [0.1, 0.15) is 0 Å². The fourth-order valence-corrected chi connectivity index (χ4v) is 3.24. The number of carbonyl (C=O) groups excluding carboxylic acids is 1. The maximum Gasteiger partial charge on any atom is 0.241 e. The lowest BCUT2D eigenvalue weighted by atomic mass is 10.1. The van der Waals surface area contributed by atoms with Crippen LogP contribution < -0.4 is 10.0 Å². The van der Waals surface area contributed by atoms with E-state index in [2.05, 4.69) is 10.0 Å². The largest absolute Gasteiger partial charge is 0.325 e. The third-order valence-corrected chi connectivity index (χ3v) is 5.33. The molecule has 0 saturated carbocycles. The van der Waals surface area contributed by atoms with Gasteiger partial charge >= 0.3 is 0 Å². The molecule has 24 heavy (non-hydrogen) atoms. The minimum atomic E-state index is -3.77. The van der Waals surface area contributed by atoms with E-state index in [4.69, 9.17) is 11.6 Å². The minimum absolute atomic E-state index is 0.0736. The van der Waals surface area contributed by atoms with Gasteiger partial charge in [0.05, 0.1) is 11.4 Å². The highest BCUT2D eigenvalue weighted by Gasteiger charge is 2.16. The number of rotatable bonds is 6. The molecule has 2 rings (SSSR count). The number of sulfonamides is 1. The van der Waals surface area contributed by atoms with Crippen LogP contribution >= 0.6 is 11.6 Å². The molecule has 0 bridgehead atoms. The summed E-state index contributed by atoms with van der Waals surface area (Å²) in [5, 5.41) is 3.14. The Morgan fingerprint density at radius 2 is 1.79 bits per heavy atom. The van der Waals surface area contributed by atoms with Crippen molar-refractivity contribution in [2.24, 2.45) is 0 Å². The van der Waals surface area contributed by atoms with Crippen molar-refractivity contribution in [3.8, 4) is 0 Å². The van der Waals surface area contributed by atoms with Crippen LogP contribution in [0.3, 0.4) is 0 Å². The monoisotopic (exact) mass is 366 g/mol. The summed E-state index contributed by atoms with van der Waals surface area (Å²) in [7, 11) is -3.77. The van der Waals surface area contributed by atoms with Crippen molar-refractivity contribution in [2.75, 3.05) is 11.9 Å². The zero-order valence-electron chi connectivity index (χ0n) is 13.5. The van der Waals surface area contributed by atoms with Crippen LogP contribution in [0.25, 0.3) is 0 Å². The summed E-state index contributed by atoms with van der Waals surface area (Å²) in [5.74, 6) is -0.437. The molecule has 0 spiro atoms. The number of hydrogen-bond donors (Lipinski definition) is 2. The van der Waals surface area contributed by atoms with Crippen LogP contribution in [0.4, 0.5) is 5.69 Å². The summed E-state index contributed by atoms with van der Waals surface area (Å²) >= 11 is 5.89. The molecule has 0 aliphatic carbocycles. The van der Waals surface area contributed by atoms with E-state index in [9.17, 15) is 13.2 Å². The molecular formula is C17H19ClN2O3S. The van der Waals surface area contributed by atoms with Crippen molar-refractivity contribution in [3.05, 3.63) is 58.6 Å². The predicted molar refractivity (Wildman–Crippen MR) is 95.8 cm³/mol. The number of halogens is 1. The molecule has 5 nitrogen and oxygen atoms in total. The molecular weight excluding hydrogens is 348 g/mol. The van der Waals surface area contributed by atoms with Gasteiger partial charge in [-0.25, -0.2) is 13.1 Å². The second kappa shape index (κ2) is 7.79. The average Bonchev–Trinajstić information content (AvgIpc) is 2.56. The summed E-state index contributed by atoms with van der Waals surface area (Å²) in [4.78, 5) is 12.0. The maximum absolute atomic E-state index is 12.2. The van der Waals surface area contributed by atoms with Crippen LogP contribution in [0.1, 0.15) is 18.1 Å². The number of hydrogen-bond acceptors (Lipinski definition) is 3. The van der Waals surface area contributed by atoms with E-state index in [0.717, 1.165) is 12.0 Å². The number of aryl methyl sites for hydroxylation is 2. The molecule has 128 valence electrons. The number of carbonyl (C=O) groups is 1. The minimum Gasteiger partial charge on any atom is -0.325 e. The molecule has 0 aliphatic heterocycles. The molecule has 0 fully saturated rings. The second-order valence-electron chi connectivity index (χ2n) is 5.33. The molecule has 2 N–H and O–H groups in total. The lowest BCUT2D eigenvalue weighted by Gasteiger charge is -2.09. The average molecular weight is 367 g/mol. The van der Waals surface area contributed by atoms with E-state index in [0.29, 0.717) is 16.3 Å². The predicted octanol–water partition coefficient (Wildman–Crippen LogP) is 3.13. The van der Waals surface area contributed by atoms with Gasteiger partial charge in [0.25, 0.3) is 0 Å². The van der Waals surface area contributed by atoms with Gasteiger partial charge in [0.2, 0.25) is 15.9 Å². The molecule has 0 heterocycles. The SMILES string of the molecule is CCc1ccc(NC(=O)CNS(=O)(=O)c2ccc(Cl)c(C)c2)cc1. The lowest BCUT2D eigenvalue weighted by Crippen LogP contribution is -2.32. The summed E-state index contributed by atoms with van der Waals surface area (Å²) < 4.78 is 26.7. The first-order valence-corrected chi connectivity index (χ1v) is 9.32. The van der Waals surface area contributed by atoms with Gasteiger partial charge < -0.3 is 5.32 Å². The molecule has 0 atom stereocenters. The number of anilines is 1. The van der Waals surface area contributed by atoms with E-state index in [1.807, 2.05) is 19.1 Å². The number of amides is 1. The second-order valence-corrected chi connectivity index (χ2v) is 7.51. The zero-order valence-corrected chi connectivity index (χ0v) is 15.0. The van der Waals surface area contributed by atoms with E-state index < -0.39 is 15.9 Å². The first-order valence-electron chi connectivity index (χ1n) is 7.46. The maximum atomic E-state index is 12.2. The third kappa shape index (κ3) is 4.80. The smallest absolute Gasteiger partial charge is 0.241 e. The molecule has 0 aromatic heterocycles. The van der Waals surface area contributed by atoms with Crippen LogP contribution in [0.2, 0.25) is 5.02 Å². The Morgan fingerprint density at radius 1 is 1.12 bits per heavy atom. The van der Waals surface area contributed by atoms with Gasteiger partial charge in [-0.2, -0.15) is 0 Å². The topological polar surface area (TPSA) is 75.3 Å². The molecule has 1 amide bonds. The van der Waals surface area contributed by atoms with Crippen LogP contribution in [0.5, 0.6) is 0 Å². The summed E-state index contributed by atoms with van der Waals surface area (Å²) in [6, 6.07) is 11.8. The highest BCUT2D eigenvalue weighted by Crippen LogP contribution is 2.19. The van der Waals surface area contributed by atoms with Gasteiger partial charge in [-0.3, -0.25) is 4.79 Å². The lowest BCUT2D eigenvalue weighted by molar-refractivity contribution is -0.115. The molecule has 0 aliphatic rings. The van der Waals surface area contributed by atoms with Crippen molar-refractivity contribution >= 4 is 33.2 Å². The van der Waals surface area contributed by atoms with Crippen LogP contribution in [-0.2, 0) is 21.2 Å². The van der Waals surface area contributed by atoms with Crippen molar-refractivity contribution in [3.63, 3.8) is 0 Å². The Labute approximate surface area is 147 Å². The first-order chi connectivity index (χ1) is 11.3. The Morgan fingerprint density at radius 3 is 2.38 bits per heavy atom. The molecule has 2 aromatic rings. The summed E-state index contributed by atoms with van der Waals surface area (Å²) in [6.45, 7) is 3.41. The highest BCUT2D eigenvalue weighted by atomic mass is 35.5. The molecule has 7 heteroatoms. The van der Waals surface area contributed by atoms with Crippen molar-refractivity contribution < 1.29 is 13.2 Å². The van der Waals surface area contributed by atoms with Gasteiger partial charge in [0, 0.05) is 10.7 Å². The fourth-order valence-electron chi connectivity index (χ4n) is 2.06. The van der Waals surface area contributed by atoms with Crippen molar-refractivity contribution in [2.45, 2.75) is 25.2 Å². The normalized spacial score (nSPS) is 11.3. The van der Waals surface area contributed by atoms with Crippen molar-refractivity contribution in [1.29, 1.82) is 0 Å². The van der Waals surface area contributed by atoms with Gasteiger partial charge in [-0.15, -0.1) is 0 Å². The Kier molecular flexibility index (Phi) is 5.99. The number of nitrogens with one attached hydrogen (secondary N) is 2. The van der Waals surface area contributed by atoms with Crippen LogP contribution in [0.15, 0.2) is 47.4 Å². The highest BCUT2D eigenvalue weighted by molar-refractivity contribution is 7.89. The molecule has 0 unspecified atom stereocenters. The molecule has 2 aromatic carbocycles. The van der Waals surface area contributed by atoms with Gasteiger partial charge in [0.15, 0.2) is 0 Å². The standard InChI is InChI=1S/C17H19ClN2O3S/c1-3-13-4-6-14(7-5-13)20-17(21)11-19-24(22,23)15-8-9-16(18)12(2)10-15/h4-10,19H,3,11H2,1-2H3,(H,20,21). The molecule has 0 radical (unpaired) electrons. The number of benzene rings is 2. The fraction of sp³-hybridized carbons (Fsp3) is 0.235.